The summed E-state index contributed by atoms with van der Waals surface area (Å²) in [6.45, 7) is 5.00. The van der Waals surface area contributed by atoms with E-state index in [1.54, 1.807) is 6.92 Å². The van der Waals surface area contributed by atoms with E-state index in [1.807, 2.05) is 0 Å². The average molecular weight is 431 g/mol. The van der Waals surface area contributed by atoms with E-state index in [0.717, 1.165) is 6.07 Å². The fraction of sp³-hybridized carbons (Fsp3) is 0.550. The van der Waals surface area contributed by atoms with Crippen LogP contribution in [0.4, 0.5) is 17.6 Å². The first-order valence-electron chi connectivity index (χ1n) is 9.61. The molecule has 1 aromatic carbocycles. The number of benzene rings is 1. The monoisotopic (exact) mass is 431 g/mol. The third-order valence-electron chi connectivity index (χ3n) is 5.04. The summed E-state index contributed by atoms with van der Waals surface area (Å²) >= 11 is 0. The molecule has 10 heteroatoms. The van der Waals surface area contributed by atoms with Crippen molar-refractivity contribution in [2.75, 3.05) is 26.2 Å². The Hall–Kier alpha value is -2.65. The number of amides is 3. The van der Waals surface area contributed by atoms with E-state index in [2.05, 4.69) is 5.32 Å². The maximum Gasteiger partial charge on any atom is 0.391 e. The van der Waals surface area contributed by atoms with Crippen LogP contribution in [0.2, 0.25) is 0 Å². The maximum absolute atomic E-state index is 13.7. The topological polar surface area (TPSA) is 69.7 Å². The molecule has 1 atom stereocenters. The van der Waals surface area contributed by atoms with Gasteiger partial charge in [-0.05, 0) is 30.5 Å². The Balaban J connectivity index is 1.93. The molecule has 0 aliphatic carbocycles. The zero-order chi connectivity index (χ0) is 22.6. The molecule has 0 aromatic heterocycles. The number of halogens is 4. The lowest BCUT2D eigenvalue weighted by atomic mass is 10.0. The standard InChI is InChI=1S/C20H25F4N3O3/c1-12(2)16(11-20(22,23)24)25-17(28)19(30)27-8-6-26(7-9-27)18(29)14-5-4-13(3)15(21)10-14/h4-5,10,12,16H,6-9,11H2,1-3H3,(H,25,28). The van der Waals surface area contributed by atoms with Gasteiger partial charge in [-0.25, -0.2) is 4.39 Å². The molecule has 1 fully saturated rings. The Morgan fingerprint density at radius 2 is 1.63 bits per heavy atom. The molecule has 1 aliphatic heterocycles. The average Bonchev–Trinajstić information content (AvgIpc) is 2.67. The van der Waals surface area contributed by atoms with Gasteiger partial charge in [-0.1, -0.05) is 19.9 Å². The Morgan fingerprint density at radius 3 is 2.13 bits per heavy atom. The van der Waals surface area contributed by atoms with E-state index in [0.29, 0.717) is 5.56 Å². The predicted octanol–water partition coefficient (Wildman–Crippen LogP) is 2.51. The first-order valence-corrected chi connectivity index (χ1v) is 9.61. The second-order valence-electron chi connectivity index (χ2n) is 7.69. The molecule has 166 valence electrons. The van der Waals surface area contributed by atoms with Gasteiger partial charge in [0.1, 0.15) is 5.82 Å². The highest BCUT2D eigenvalue weighted by Crippen LogP contribution is 2.24. The molecule has 30 heavy (non-hydrogen) atoms. The maximum atomic E-state index is 13.7. The van der Waals surface area contributed by atoms with Crippen molar-refractivity contribution in [3.8, 4) is 0 Å². The molecule has 0 spiro atoms. The van der Waals surface area contributed by atoms with Crippen LogP contribution in [0.15, 0.2) is 18.2 Å². The highest BCUT2D eigenvalue weighted by atomic mass is 19.4. The van der Waals surface area contributed by atoms with Crippen molar-refractivity contribution < 1.29 is 31.9 Å². The van der Waals surface area contributed by atoms with E-state index < -0.39 is 48.1 Å². The van der Waals surface area contributed by atoms with Crippen LogP contribution in [-0.4, -0.2) is 65.9 Å². The van der Waals surface area contributed by atoms with Crippen molar-refractivity contribution in [1.29, 1.82) is 0 Å². The number of hydrogen-bond donors (Lipinski definition) is 1. The van der Waals surface area contributed by atoms with Crippen LogP contribution in [0.1, 0.15) is 36.2 Å². The van der Waals surface area contributed by atoms with Crippen molar-refractivity contribution in [3.63, 3.8) is 0 Å². The molecule has 1 unspecified atom stereocenters. The quantitative estimate of drug-likeness (QED) is 0.589. The smallest absolute Gasteiger partial charge is 0.345 e. The summed E-state index contributed by atoms with van der Waals surface area (Å²) in [7, 11) is 0. The summed E-state index contributed by atoms with van der Waals surface area (Å²) in [6.07, 6.45) is -5.69. The Morgan fingerprint density at radius 1 is 1.07 bits per heavy atom. The van der Waals surface area contributed by atoms with Gasteiger partial charge in [0, 0.05) is 37.8 Å². The first kappa shape index (κ1) is 23.6. The van der Waals surface area contributed by atoms with Gasteiger partial charge in [-0.15, -0.1) is 0 Å². The molecule has 1 N–H and O–H groups in total. The van der Waals surface area contributed by atoms with Gasteiger partial charge in [-0.3, -0.25) is 14.4 Å². The van der Waals surface area contributed by atoms with Crippen molar-refractivity contribution in [2.24, 2.45) is 5.92 Å². The predicted molar refractivity (Wildman–Crippen MR) is 101 cm³/mol. The molecule has 0 bridgehead atoms. The zero-order valence-electron chi connectivity index (χ0n) is 17.1. The molecular formula is C20H25F4N3O3. The van der Waals surface area contributed by atoms with Crippen LogP contribution in [-0.2, 0) is 9.59 Å². The number of rotatable bonds is 4. The second kappa shape index (κ2) is 9.44. The summed E-state index contributed by atoms with van der Waals surface area (Å²) in [5, 5.41) is 2.17. The molecule has 1 aromatic rings. The number of piperazine rings is 1. The van der Waals surface area contributed by atoms with Gasteiger partial charge in [0.2, 0.25) is 0 Å². The number of alkyl halides is 3. The van der Waals surface area contributed by atoms with E-state index in [-0.39, 0.29) is 31.7 Å². The van der Waals surface area contributed by atoms with Crippen LogP contribution < -0.4 is 5.32 Å². The van der Waals surface area contributed by atoms with Crippen molar-refractivity contribution in [2.45, 2.75) is 39.4 Å². The van der Waals surface area contributed by atoms with Crippen molar-refractivity contribution in [3.05, 3.63) is 35.1 Å². The highest BCUT2D eigenvalue weighted by Gasteiger charge is 2.36. The van der Waals surface area contributed by atoms with Gasteiger partial charge in [0.05, 0.1) is 6.42 Å². The minimum Gasteiger partial charge on any atom is -0.345 e. The van der Waals surface area contributed by atoms with Crippen LogP contribution in [0.3, 0.4) is 0 Å². The Labute approximate surface area is 172 Å². The fourth-order valence-corrected chi connectivity index (χ4v) is 3.10. The fourth-order valence-electron chi connectivity index (χ4n) is 3.10. The molecule has 0 radical (unpaired) electrons. The van der Waals surface area contributed by atoms with Crippen LogP contribution in [0.25, 0.3) is 0 Å². The number of hydrogen-bond acceptors (Lipinski definition) is 3. The van der Waals surface area contributed by atoms with Crippen LogP contribution >= 0.6 is 0 Å². The van der Waals surface area contributed by atoms with E-state index in [9.17, 15) is 31.9 Å². The lowest BCUT2D eigenvalue weighted by Crippen LogP contribution is -2.55. The summed E-state index contributed by atoms with van der Waals surface area (Å²) in [6, 6.07) is 2.95. The molecule has 1 saturated heterocycles. The lowest BCUT2D eigenvalue weighted by molar-refractivity contribution is -0.152. The zero-order valence-corrected chi connectivity index (χ0v) is 17.1. The number of carbonyl (C=O) groups is 3. The van der Waals surface area contributed by atoms with Crippen LogP contribution in [0, 0.1) is 18.7 Å². The first-order chi connectivity index (χ1) is 13.9. The minimum atomic E-state index is -4.47. The molecule has 2 rings (SSSR count). The third kappa shape index (κ3) is 6.17. The molecule has 1 heterocycles. The normalized spacial score (nSPS) is 15.9. The molecular weight excluding hydrogens is 406 g/mol. The van der Waals surface area contributed by atoms with Crippen molar-refractivity contribution in [1.82, 2.24) is 15.1 Å². The molecule has 6 nitrogen and oxygen atoms in total. The summed E-state index contributed by atoms with van der Waals surface area (Å²) in [4.78, 5) is 39.6. The number of carbonyl (C=O) groups excluding carboxylic acids is 3. The summed E-state index contributed by atoms with van der Waals surface area (Å²) < 4.78 is 51.7. The van der Waals surface area contributed by atoms with Gasteiger partial charge in [0.15, 0.2) is 0 Å². The van der Waals surface area contributed by atoms with Gasteiger partial charge < -0.3 is 15.1 Å². The Kier molecular flexibility index (Phi) is 7.44. The minimum absolute atomic E-state index is 0.0535. The molecule has 1 aliphatic rings. The summed E-state index contributed by atoms with van der Waals surface area (Å²) in [5.41, 5.74) is 0.598. The number of nitrogens with one attached hydrogen (secondary N) is 1. The SMILES string of the molecule is Cc1ccc(C(=O)N2CCN(C(=O)C(=O)NC(CC(F)(F)F)C(C)C)CC2)cc1F. The molecule has 3 amide bonds. The van der Waals surface area contributed by atoms with E-state index in [4.69, 9.17) is 0 Å². The molecule has 0 saturated carbocycles. The number of aryl methyl sites for hydroxylation is 1. The largest absolute Gasteiger partial charge is 0.391 e. The lowest BCUT2D eigenvalue weighted by Gasteiger charge is -2.35. The van der Waals surface area contributed by atoms with Crippen LogP contribution in [0.5, 0.6) is 0 Å². The van der Waals surface area contributed by atoms with E-state index >= 15 is 0 Å². The van der Waals surface area contributed by atoms with Gasteiger partial charge in [0.25, 0.3) is 5.91 Å². The summed E-state index contributed by atoms with van der Waals surface area (Å²) in [5.74, 6) is -3.43. The van der Waals surface area contributed by atoms with Crippen molar-refractivity contribution >= 4 is 17.7 Å². The Bertz CT molecular complexity index is 803. The number of nitrogens with zero attached hydrogens (tertiary/aromatic N) is 2. The highest BCUT2D eigenvalue weighted by molar-refractivity contribution is 6.35. The van der Waals surface area contributed by atoms with Gasteiger partial charge in [-0.2, -0.15) is 13.2 Å². The van der Waals surface area contributed by atoms with E-state index in [1.165, 1.54) is 35.8 Å². The second-order valence-corrected chi connectivity index (χ2v) is 7.69. The third-order valence-corrected chi connectivity index (χ3v) is 5.04. The van der Waals surface area contributed by atoms with Gasteiger partial charge >= 0.3 is 18.0 Å².